The van der Waals surface area contributed by atoms with E-state index in [0.29, 0.717) is 46.5 Å². The van der Waals surface area contributed by atoms with Crippen LogP contribution in [-0.4, -0.2) is 49.0 Å². The molecule has 4 rings (SSSR count). The Labute approximate surface area is 233 Å². The molecule has 3 aromatic rings. The second kappa shape index (κ2) is 11.6. The third kappa shape index (κ3) is 6.01. The second-order valence-corrected chi connectivity index (χ2v) is 9.81. The van der Waals surface area contributed by atoms with Gasteiger partial charge in [0.05, 0.1) is 18.4 Å². The number of methoxy groups -OCH3 is 1. The number of carbonyl (C=O) groups excluding carboxylic acids is 2. The van der Waals surface area contributed by atoms with E-state index >= 15 is 0 Å². The summed E-state index contributed by atoms with van der Waals surface area (Å²) in [6, 6.07) is 10.3. The van der Waals surface area contributed by atoms with Gasteiger partial charge in [-0.3, -0.25) is 9.59 Å². The molecule has 0 spiro atoms. The van der Waals surface area contributed by atoms with Crippen LogP contribution in [0.25, 0.3) is 0 Å². The fraction of sp³-hybridized carbons (Fsp3) is 0.333. The van der Waals surface area contributed by atoms with Crippen molar-refractivity contribution in [3.8, 4) is 23.1 Å². The molecule has 1 amide bonds. The zero-order chi connectivity index (χ0) is 29.0. The lowest BCUT2D eigenvalue weighted by molar-refractivity contribution is -0.132. The van der Waals surface area contributed by atoms with Crippen LogP contribution >= 0.6 is 0 Å². The number of carbonyl (C=O) groups is 2. The molecular weight excluding hydrogens is 514 g/mol. The number of anilines is 1. The number of oxime groups is 1. The summed E-state index contributed by atoms with van der Waals surface area (Å²) in [5, 5.41) is 7.13. The fourth-order valence-electron chi connectivity index (χ4n) is 4.57. The van der Waals surface area contributed by atoms with Crippen molar-refractivity contribution in [3.63, 3.8) is 0 Å². The first-order valence-corrected chi connectivity index (χ1v) is 12.7. The highest BCUT2D eigenvalue weighted by Crippen LogP contribution is 2.44. The van der Waals surface area contributed by atoms with E-state index in [1.807, 2.05) is 27.7 Å². The minimum absolute atomic E-state index is 0.224. The predicted molar refractivity (Wildman–Crippen MR) is 150 cm³/mol. The topological polar surface area (TPSA) is 118 Å². The van der Waals surface area contributed by atoms with Crippen LogP contribution in [0, 0.1) is 20.8 Å². The zero-order valence-corrected chi connectivity index (χ0v) is 23.7. The van der Waals surface area contributed by atoms with Crippen molar-refractivity contribution in [2.75, 3.05) is 26.1 Å². The van der Waals surface area contributed by atoms with Crippen LogP contribution in [0.15, 0.2) is 47.8 Å². The molecule has 1 aromatic heterocycles. The Morgan fingerprint density at radius 3 is 2.38 bits per heavy atom. The number of nitrogens with zero attached hydrogens (tertiary/aromatic N) is 2. The van der Waals surface area contributed by atoms with Gasteiger partial charge in [0.25, 0.3) is 5.91 Å². The molecule has 0 saturated heterocycles. The molecule has 210 valence electrons. The molecule has 0 radical (unpaired) electrons. The maximum Gasteiger partial charge on any atom is 0.308 e. The van der Waals surface area contributed by atoms with Crippen LogP contribution in [0.1, 0.15) is 52.9 Å². The lowest BCUT2D eigenvalue weighted by atomic mass is 9.86. The maximum atomic E-state index is 12.5. The summed E-state index contributed by atoms with van der Waals surface area (Å²) < 4.78 is 23.2. The first kappa shape index (κ1) is 28.4. The number of hydrogen-bond acceptors (Lipinski definition) is 9. The Morgan fingerprint density at radius 1 is 1.05 bits per heavy atom. The van der Waals surface area contributed by atoms with Gasteiger partial charge >= 0.3 is 5.97 Å². The molecule has 1 aliphatic rings. The Bertz CT molecular complexity index is 1450. The molecular formula is C30H33N3O7. The Balaban J connectivity index is 1.49. The third-order valence-electron chi connectivity index (χ3n) is 6.68. The Kier molecular flexibility index (Phi) is 8.27. The molecule has 0 aliphatic carbocycles. The van der Waals surface area contributed by atoms with Gasteiger partial charge in [0.1, 0.15) is 36.6 Å². The Hall–Kier alpha value is -4.60. The second-order valence-electron chi connectivity index (χ2n) is 9.81. The number of nitrogens with one attached hydrogen (secondary N) is 1. The molecule has 0 bridgehead atoms. The van der Waals surface area contributed by atoms with Gasteiger partial charge in [-0.2, -0.15) is 0 Å². The summed E-state index contributed by atoms with van der Waals surface area (Å²) in [5.41, 5.74) is 4.12. The SMILES string of the molecule is CON=C1CC(C)(COc2ccc(NC(=O)c3ccc(OC)nc3)cc2)Oc2c(C)c(C)c(OC(C)=O)c(C)c21. The van der Waals surface area contributed by atoms with Crippen LogP contribution in [0.2, 0.25) is 0 Å². The summed E-state index contributed by atoms with van der Waals surface area (Å²) in [6.07, 6.45) is 1.86. The number of benzene rings is 2. The van der Waals surface area contributed by atoms with E-state index in [1.54, 1.807) is 36.4 Å². The summed E-state index contributed by atoms with van der Waals surface area (Å²) in [5.74, 6) is 1.53. The minimum Gasteiger partial charge on any atom is -0.489 e. The Morgan fingerprint density at radius 2 is 1.77 bits per heavy atom. The van der Waals surface area contributed by atoms with Crippen LogP contribution < -0.4 is 24.3 Å². The highest BCUT2D eigenvalue weighted by molar-refractivity contribution is 6.06. The standard InChI is InChI=1S/C30H33N3O7/c1-17-18(2)28-26(19(3)27(17)39-20(4)34)24(33-37-7)14-30(5,40-28)16-38-23-11-9-22(10-12-23)32-29(35)21-8-13-25(36-6)31-15-21/h8-13,15H,14,16H2,1-7H3,(H,32,35). The van der Waals surface area contributed by atoms with E-state index < -0.39 is 11.6 Å². The van der Waals surface area contributed by atoms with Gasteiger partial charge in [-0.05, 0) is 69.2 Å². The van der Waals surface area contributed by atoms with Crippen molar-refractivity contribution in [2.24, 2.45) is 5.16 Å². The summed E-state index contributed by atoms with van der Waals surface area (Å²) in [6.45, 7) is 9.24. The van der Waals surface area contributed by atoms with Crippen LogP contribution in [0.5, 0.6) is 23.1 Å². The van der Waals surface area contributed by atoms with Gasteiger partial charge in [0.2, 0.25) is 5.88 Å². The lowest BCUT2D eigenvalue weighted by Gasteiger charge is -2.38. The number of amides is 1. The van der Waals surface area contributed by atoms with E-state index in [9.17, 15) is 9.59 Å². The molecule has 1 N–H and O–H groups in total. The number of fused-ring (bicyclic) bond motifs is 1. The van der Waals surface area contributed by atoms with Crippen LogP contribution in [-0.2, 0) is 9.63 Å². The number of rotatable bonds is 8. The monoisotopic (exact) mass is 547 g/mol. The van der Waals surface area contributed by atoms with E-state index in [-0.39, 0.29) is 12.5 Å². The van der Waals surface area contributed by atoms with Gasteiger partial charge in [-0.1, -0.05) is 5.16 Å². The van der Waals surface area contributed by atoms with E-state index in [1.165, 1.54) is 27.3 Å². The van der Waals surface area contributed by atoms with Crippen LogP contribution in [0.4, 0.5) is 5.69 Å². The number of esters is 1. The lowest BCUT2D eigenvalue weighted by Crippen LogP contribution is -2.45. The molecule has 1 unspecified atom stereocenters. The number of hydrogen-bond donors (Lipinski definition) is 1. The largest absolute Gasteiger partial charge is 0.489 e. The molecule has 40 heavy (non-hydrogen) atoms. The average Bonchev–Trinajstić information content (AvgIpc) is 2.93. The highest BCUT2D eigenvalue weighted by Gasteiger charge is 2.40. The first-order chi connectivity index (χ1) is 19.0. The number of ether oxygens (including phenoxy) is 4. The normalized spacial score (nSPS) is 16.9. The molecule has 2 heterocycles. The average molecular weight is 548 g/mol. The van der Waals surface area contributed by atoms with Gasteiger partial charge in [0.15, 0.2) is 0 Å². The van der Waals surface area contributed by atoms with E-state index in [2.05, 4.69) is 15.5 Å². The van der Waals surface area contributed by atoms with Crippen LogP contribution in [0.3, 0.4) is 0 Å². The fourth-order valence-corrected chi connectivity index (χ4v) is 4.57. The van der Waals surface area contributed by atoms with Gasteiger partial charge in [0, 0.05) is 42.4 Å². The van der Waals surface area contributed by atoms with Gasteiger partial charge < -0.3 is 29.1 Å². The van der Waals surface area contributed by atoms with Gasteiger partial charge in [-0.25, -0.2) is 4.98 Å². The smallest absolute Gasteiger partial charge is 0.308 e. The van der Waals surface area contributed by atoms with Crippen molar-refractivity contribution in [1.82, 2.24) is 4.98 Å². The van der Waals surface area contributed by atoms with Crippen molar-refractivity contribution < 1.29 is 33.4 Å². The molecule has 2 aromatic carbocycles. The maximum absolute atomic E-state index is 12.5. The van der Waals surface area contributed by atoms with Gasteiger partial charge in [-0.15, -0.1) is 0 Å². The zero-order valence-electron chi connectivity index (χ0n) is 23.7. The molecule has 1 aliphatic heterocycles. The molecule has 10 heteroatoms. The summed E-state index contributed by atoms with van der Waals surface area (Å²) >= 11 is 0. The highest BCUT2D eigenvalue weighted by atomic mass is 16.6. The molecule has 10 nitrogen and oxygen atoms in total. The van der Waals surface area contributed by atoms with E-state index in [4.69, 9.17) is 23.8 Å². The third-order valence-corrected chi connectivity index (χ3v) is 6.68. The molecule has 0 saturated carbocycles. The van der Waals surface area contributed by atoms with Crippen molar-refractivity contribution >= 4 is 23.3 Å². The number of aromatic nitrogens is 1. The first-order valence-electron chi connectivity index (χ1n) is 12.7. The number of pyridine rings is 1. The molecule has 1 atom stereocenters. The predicted octanol–water partition coefficient (Wildman–Crippen LogP) is 5.16. The molecule has 0 fully saturated rings. The minimum atomic E-state index is -0.759. The van der Waals surface area contributed by atoms with E-state index in [0.717, 1.165) is 22.3 Å². The van der Waals surface area contributed by atoms with Crippen molar-refractivity contribution in [1.29, 1.82) is 0 Å². The summed E-state index contributed by atoms with van der Waals surface area (Å²) in [4.78, 5) is 33.5. The quantitative estimate of drug-likeness (QED) is 0.233. The van der Waals surface area contributed by atoms with Crippen molar-refractivity contribution in [3.05, 3.63) is 70.4 Å². The summed E-state index contributed by atoms with van der Waals surface area (Å²) in [7, 11) is 3.01. The van der Waals surface area contributed by atoms with Crippen molar-refractivity contribution in [2.45, 2.75) is 46.6 Å².